The lowest BCUT2D eigenvalue weighted by atomic mass is 10.0. The number of aryl methyl sites for hydroxylation is 1. The fourth-order valence-corrected chi connectivity index (χ4v) is 1.43. The van der Waals surface area contributed by atoms with Crippen molar-refractivity contribution >= 4 is 5.97 Å². The van der Waals surface area contributed by atoms with Crippen molar-refractivity contribution in [3.63, 3.8) is 0 Å². The van der Waals surface area contributed by atoms with Crippen LogP contribution in [0.2, 0.25) is 0 Å². The fraction of sp³-hybridized carbons (Fsp3) is 0.364. The van der Waals surface area contributed by atoms with Crippen LogP contribution in [0.3, 0.4) is 0 Å². The molecule has 1 rings (SSSR count). The Bertz CT molecular complexity index is 363. The van der Waals surface area contributed by atoms with Gasteiger partial charge in [-0.3, -0.25) is 4.79 Å². The first kappa shape index (κ1) is 11.5. The van der Waals surface area contributed by atoms with Crippen molar-refractivity contribution in [2.45, 2.75) is 25.8 Å². The molecule has 1 aromatic carbocycles. The summed E-state index contributed by atoms with van der Waals surface area (Å²) < 4.78 is 0. The van der Waals surface area contributed by atoms with Gasteiger partial charge in [0.2, 0.25) is 0 Å². The number of hydrogen-bond acceptors (Lipinski definition) is 3. The van der Waals surface area contributed by atoms with E-state index in [0.29, 0.717) is 0 Å². The fourth-order valence-electron chi connectivity index (χ4n) is 1.43. The smallest absolute Gasteiger partial charge is 0.325 e. The highest BCUT2D eigenvalue weighted by Crippen LogP contribution is 2.24. The summed E-state index contributed by atoms with van der Waals surface area (Å²) >= 11 is 0. The highest BCUT2D eigenvalue weighted by Gasteiger charge is 2.18. The van der Waals surface area contributed by atoms with E-state index >= 15 is 0 Å². The molecule has 0 fully saturated rings. The van der Waals surface area contributed by atoms with Gasteiger partial charge < -0.3 is 15.9 Å². The lowest BCUT2D eigenvalue weighted by Crippen LogP contribution is -2.20. The van der Waals surface area contributed by atoms with E-state index in [4.69, 9.17) is 10.8 Å². The van der Waals surface area contributed by atoms with Crippen LogP contribution in [0.1, 0.15) is 30.5 Å². The van der Waals surface area contributed by atoms with Gasteiger partial charge in [0.05, 0.1) is 0 Å². The Morgan fingerprint density at radius 2 is 2.20 bits per heavy atom. The Morgan fingerprint density at radius 3 is 2.73 bits per heavy atom. The van der Waals surface area contributed by atoms with Gasteiger partial charge in [-0.15, -0.1) is 0 Å². The molecule has 0 radical (unpaired) electrons. The minimum absolute atomic E-state index is 0.0650. The molecule has 0 saturated heterocycles. The van der Waals surface area contributed by atoms with Crippen molar-refractivity contribution in [1.29, 1.82) is 0 Å². The second-order valence-electron chi connectivity index (χ2n) is 3.46. The van der Waals surface area contributed by atoms with Crippen LogP contribution in [-0.2, 0) is 11.2 Å². The van der Waals surface area contributed by atoms with E-state index < -0.39 is 12.0 Å². The number of phenolic OH excluding ortho intramolecular Hbond substituents is 1. The zero-order valence-corrected chi connectivity index (χ0v) is 8.60. The lowest BCUT2D eigenvalue weighted by molar-refractivity contribution is -0.138. The number of carboxylic acid groups (broad SMARTS) is 1. The maximum atomic E-state index is 10.7. The molecule has 4 N–H and O–H groups in total. The van der Waals surface area contributed by atoms with Crippen LogP contribution in [0.25, 0.3) is 0 Å². The first-order valence-corrected chi connectivity index (χ1v) is 4.86. The molecular formula is C11H15NO3. The summed E-state index contributed by atoms with van der Waals surface area (Å²) in [5, 5.41) is 18.2. The van der Waals surface area contributed by atoms with E-state index in [-0.39, 0.29) is 11.3 Å². The predicted octanol–water partition coefficient (Wildman–Crippen LogP) is 1.43. The summed E-state index contributed by atoms with van der Waals surface area (Å²) in [6.45, 7) is 2.03. The topological polar surface area (TPSA) is 83.5 Å². The third-order valence-electron chi connectivity index (χ3n) is 2.23. The third-order valence-corrected chi connectivity index (χ3v) is 2.23. The van der Waals surface area contributed by atoms with E-state index in [1.165, 1.54) is 6.07 Å². The van der Waals surface area contributed by atoms with E-state index in [1.807, 2.05) is 6.92 Å². The highest BCUT2D eigenvalue weighted by molar-refractivity contribution is 5.76. The van der Waals surface area contributed by atoms with Crippen LogP contribution >= 0.6 is 0 Å². The lowest BCUT2D eigenvalue weighted by Gasteiger charge is -2.10. The second kappa shape index (κ2) is 4.79. The van der Waals surface area contributed by atoms with Gasteiger partial charge in [-0.2, -0.15) is 0 Å². The zero-order chi connectivity index (χ0) is 11.4. The average molecular weight is 209 g/mol. The number of phenols is 1. The van der Waals surface area contributed by atoms with Crippen molar-refractivity contribution in [3.8, 4) is 5.75 Å². The van der Waals surface area contributed by atoms with Crippen molar-refractivity contribution < 1.29 is 15.0 Å². The number of carboxylic acids is 1. The maximum Gasteiger partial charge on any atom is 0.325 e. The Balaban J connectivity index is 3.04. The molecule has 0 aliphatic rings. The van der Waals surface area contributed by atoms with Gasteiger partial charge in [-0.1, -0.05) is 19.4 Å². The van der Waals surface area contributed by atoms with Crippen molar-refractivity contribution in [3.05, 3.63) is 29.3 Å². The van der Waals surface area contributed by atoms with Gasteiger partial charge >= 0.3 is 5.97 Å². The van der Waals surface area contributed by atoms with Gasteiger partial charge in [-0.25, -0.2) is 0 Å². The summed E-state index contributed by atoms with van der Waals surface area (Å²) in [4.78, 5) is 10.7. The third kappa shape index (κ3) is 2.70. The first-order chi connectivity index (χ1) is 7.06. The number of nitrogens with two attached hydrogens (primary N) is 1. The van der Waals surface area contributed by atoms with Crippen LogP contribution in [0.15, 0.2) is 18.2 Å². The molecule has 0 spiro atoms. The molecule has 15 heavy (non-hydrogen) atoms. The van der Waals surface area contributed by atoms with E-state index in [0.717, 1.165) is 18.4 Å². The predicted molar refractivity (Wildman–Crippen MR) is 56.7 cm³/mol. The van der Waals surface area contributed by atoms with E-state index in [1.54, 1.807) is 12.1 Å². The molecule has 4 nitrogen and oxygen atoms in total. The largest absolute Gasteiger partial charge is 0.508 e. The number of aliphatic carboxylic acids is 1. The summed E-state index contributed by atoms with van der Waals surface area (Å²) in [5.41, 5.74) is 6.70. The number of aromatic hydroxyl groups is 1. The molecule has 1 aromatic rings. The maximum absolute atomic E-state index is 10.7. The molecule has 1 atom stereocenters. The van der Waals surface area contributed by atoms with Crippen molar-refractivity contribution in [2.24, 2.45) is 5.73 Å². The van der Waals surface area contributed by atoms with Crippen LogP contribution in [-0.4, -0.2) is 16.2 Å². The molecule has 0 unspecified atom stereocenters. The average Bonchev–Trinajstić information content (AvgIpc) is 2.20. The van der Waals surface area contributed by atoms with Gasteiger partial charge in [0, 0.05) is 5.56 Å². The second-order valence-corrected chi connectivity index (χ2v) is 3.46. The molecule has 0 saturated carbocycles. The van der Waals surface area contributed by atoms with Gasteiger partial charge in [0.25, 0.3) is 0 Å². The molecule has 4 heteroatoms. The summed E-state index contributed by atoms with van der Waals surface area (Å²) in [6, 6.07) is 3.75. The Labute approximate surface area is 88.3 Å². The minimum Gasteiger partial charge on any atom is -0.508 e. The van der Waals surface area contributed by atoms with Crippen molar-refractivity contribution in [2.75, 3.05) is 0 Å². The van der Waals surface area contributed by atoms with Crippen LogP contribution in [0.5, 0.6) is 5.75 Å². The van der Waals surface area contributed by atoms with E-state index in [2.05, 4.69) is 0 Å². The van der Waals surface area contributed by atoms with E-state index in [9.17, 15) is 9.90 Å². The van der Waals surface area contributed by atoms with Crippen LogP contribution < -0.4 is 5.73 Å². The Morgan fingerprint density at radius 1 is 1.53 bits per heavy atom. The number of carbonyl (C=O) groups is 1. The van der Waals surface area contributed by atoms with Gasteiger partial charge in [0.1, 0.15) is 11.8 Å². The zero-order valence-electron chi connectivity index (χ0n) is 8.60. The van der Waals surface area contributed by atoms with Crippen LogP contribution in [0.4, 0.5) is 0 Å². The van der Waals surface area contributed by atoms with Gasteiger partial charge in [-0.05, 0) is 24.1 Å². The molecule has 0 aliphatic carbocycles. The molecular weight excluding hydrogens is 194 g/mol. The Kier molecular flexibility index (Phi) is 3.68. The number of rotatable bonds is 4. The quantitative estimate of drug-likeness (QED) is 0.700. The molecule has 0 bridgehead atoms. The summed E-state index contributed by atoms with van der Waals surface area (Å²) in [5.74, 6) is -1.20. The van der Waals surface area contributed by atoms with Crippen LogP contribution in [0, 0.1) is 0 Å². The molecule has 82 valence electrons. The van der Waals surface area contributed by atoms with Crippen molar-refractivity contribution in [1.82, 2.24) is 0 Å². The number of hydrogen-bond donors (Lipinski definition) is 3. The minimum atomic E-state index is -1.16. The molecule has 0 heterocycles. The molecule has 0 aromatic heterocycles. The summed E-state index contributed by atoms with van der Waals surface area (Å²) in [7, 11) is 0. The standard InChI is InChI=1S/C11H15NO3/c1-2-3-7-4-5-9(13)8(6-7)10(12)11(14)15/h4-6,10,13H,2-3,12H2,1H3,(H,14,15)/t10-/m0/s1. The first-order valence-electron chi connectivity index (χ1n) is 4.86. The van der Waals surface area contributed by atoms with Gasteiger partial charge in [0.15, 0.2) is 0 Å². The molecule has 0 amide bonds. The number of benzene rings is 1. The SMILES string of the molecule is CCCc1ccc(O)c([C@H](N)C(=O)O)c1. The molecule has 0 aliphatic heterocycles. The normalized spacial score (nSPS) is 12.4. The summed E-state index contributed by atoms with van der Waals surface area (Å²) in [6.07, 6.45) is 1.81. The Hall–Kier alpha value is -1.55. The highest BCUT2D eigenvalue weighted by atomic mass is 16.4. The monoisotopic (exact) mass is 209 g/mol.